The topological polar surface area (TPSA) is 66.8 Å². The fourth-order valence-corrected chi connectivity index (χ4v) is 0.788. The Bertz CT molecular complexity index is 308. The summed E-state index contributed by atoms with van der Waals surface area (Å²) in [5.41, 5.74) is 0.979. The molecule has 0 atom stereocenters. The van der Waals surface area contributed by atoms with Gasteiger partial charge in [0.2, 0.25) is 0 Å². The van der Waals surface area contributed by atoms with Crippen LogP contribution in [0.5, 0.6) is 0 Å². The normalized spacial score (nSPS) is 8.44. The van der Waals surface area contributed by atoms with Gasteiger partial charge in [-0.15, -0.1) is 0 Å². The van der Waals surface area contributed by atoms with E-state index in [4.69, 9.17) is 14.8 Å². The molecule has 0 heterocycles. The lowest BCUT2D eigenvalue weighted by atomic mass is 9.99. The molecule has 0 spiro atoms. The van der Waals surface area contributed by atoms with Crippen LogP contribution in [0, 0.1) is 0 Å². The zero-order valence-corrected chi connectivity index (χ0v) is 9.17. The fourth-order valence-electron chi connectivity index (χ4n) is 0.788. The summed E-state index contributed by atoms with van der Waals surface area (Å²) in [5.74, 6) is -0.390. The number of esters is 1. The Morgan fingerprint density at radius 3 is 2.38 bits per heavy atom. The molecule has 0 aliphatic heterocycles. The van der Waals surface area contributed by atoms with Gasteiger partial charge in [0, 0.05) is 6.08 Å². The molecule has 0 aliphatic rings. The summed E-state index contributed by atoms with van der Waals surface area (Å²) in [5, 5.41) is 15.2. The molecule has 0 aliphatic carbocycles. The van der Waals surface area contributed by atoms with Crippen molar-refractivity contribution < 1.29 is 19.6 Å². The smallest absolute Gasteiger partial charge is 0.448 e. The summed E-state index contributed by atoms with van der Waals surface area (Å²) >= 11 is 0. The van der Waals surface area contributed by atoms with Gasteiger partial charge in [-0.3, -0.25) is 0 Å². The Hall–Kier alpha value is -1.59. The molecule has 1 rings (SSSR count). The Morgan fingerprint density at radius 1 is 1.44 bits per heavy atom. The first kappa shape index (κ1) is 14.4. The molecule has 0 amide bonds. The van der Waals surface area contributed by atoms with Crippen LogP contribution < -0.4 is 0 Å². The van der Waals surface area contributed by atoms with Crippen molar-refractivity contribution in [2.75, 3.05) is 0 Å². The second-order valence-electron chi connectivity index (χ2n) is 2.93. The molecule has 86 valence electrons. The molecule has 0 bridgehead atoms. The van der Waals surface area contributed by atoms with E-state index in [1.807, 2.05) is 30.3 Å². The third-order valence-corrected chi connectivity index (χ3v) is 1.39. The number of carbonyl (C=O) groups excluding carboxylic acids is 1. The Labute approximate surface area is 95.3 Å². The van der Waals surface area contributed by atoms with Crippen molar-refractivity contribution in [2.45, 2.75) is 13.4 Å². The summed E-state index contributed by atoms with van der Waals surface area (Å²) in [4.78, 5) is 10.6. The van der Waals surface area contributed by atoms with Crippen molar-refractivity contribution >= 4 is 13.1 Å². The molecular weight excluding hydrogens is 207 g/mol. The predicted octanol–water partition coefficient (Wildman–Crippen LogP) is 1.00. The minimum atomic E-state index is -1.17. The average Bonchev–Trinajstić information content (AvgIpc) is 2.26. The van der Waals surface area contributed by atoms with E-state index in [1.54, 1.807) is 0 Å². The second kappa shape index (κ2) is 8.70. The van der Waals surface area contributed by atoms with Crippen molar-refractivity contribution in [3.8, 4) is 0 Å². The SMILES string of the molecule is C=CC(=O)OCc1ccccc1.CB(O)O. The fraction of sp³-hybridized carbons (Fsp3) is 0.182. The molecule has 0 radical (unpaired) electrons. The highest BCUT2D eigenvalue weighted by atomic mass is 16.5. The predicted molar refractivity (Wildman–Crippen MR) is 62.5 cm³/mol. The van der Waals surface area contributed by atoms with E-state index >= 15 is 0 Å². The summed E-state index contributed by atoms with van der Waals surface area (Å²) in [6.07, 6.45) is 1.16. The van der Waals surface area contributed by atoms with E-state index < -0.39 is 7.12 Å². The molecule has 0 saturated carbocycles. The van der Waals surface area contributed by atoms with Crippen LogP contribution in [0.3, 0.4) is 0 Å². The first-order chi connectivity index (χ1) is 7.56. The van der Waals surface area contributed by atoms with E-state index in [2.05, 4.69) is 6.58 Å². The lowest BCUT2D eigenvalue weighted by molar-refractivity contribution is -0.138. The maximum absolute atomic E-state index is 10.6. The van der Waals surface area contributed by atoms with E-state index in [0.29, 0.717) is 6.61 Å². The molecule has 0 saturated heterocycles. The van der Waals surface area contributed by atoms with Crippen LogP contribution in [0.25, 0.3) is 0 Å². The van der Waals surface area contributed by atoms with Crippen molar-refractivity contribution in [3.05, 3.63) is 48.6 Å². The number of hydrogen-bond donors (Lipinski definition) is 2. The van der Waals surface area contributed by atoms with Gasteiger partial charge >= 0.3 is 13.1 Å². The quantitative estimate of drug-likeness (QED) is 0.455. The van der Waals surface area contributed by atoms with Gasteiger partial charge in [-0.05, 0) is 12.4 Å². The van der Waals surface area contributed by atoms with Crippen LogP contribution in [0.4, 0.5) is 0 Å². The van der Waals surface area contributed by atoms with E-state index in [9.17, 15) is 4.79 Å². The van der Waals surface area contributed by atoms with E-state index in [1.165, 1.54) is 6.82 Å². The molecule has 0 aromatic heterocycles. The average molecular weight is 222 g/mol. The summed E-state index contributed by atoms with van der Waals surface area (Å²) in [7, 11) is -1.17. The van der Waals surface area contributed by atoms with Gasteiger partial charge in [0.1, 0.15) is 6.61 Å². The highest BCUT2D eigenvalue weighted by Crippen LogP contribution is 2.00. The lowest BCUT2D eigenvalue weighted by Gasteiger charge is -2.00. The third-order valence-electron chi connectivity index (χ3n) is 1.39. The van der Waals surface area contributed by atoms with Crippen molar-refractivity contribution in [1.82, 2.24) is 0 Å². The van der Waals surface area contributed by atoms with Crippen LogP contribution in [-0.2, 0) is 16.1 Å². The molecule has 5 heteroatoms. The van der Waals surface area contributed by atoms with Crippen molar-refractivity contribution in [3.63, 3.8) is 0 Å². The maximum atomic E-state index is 10.6. The first-order valence-corrected chi connectivity index (χ1v) is 4.75. The summed E-state index contributed by atoms with van der Waals surface area (Å²) in [6, 6.07) is 9.51. The summed E-state index contributed by atoms with van der Waals surface area (Å²) < 4.78 is 4.82. The van der Waals surface area contributed by atoms with E-state index in [0.717, 1.165) is 11.6 Å². The minimum absolute atomic E-state index is 0.311. The van der Waals surface area contributed by atoms with E-state index in [-0.39, 0.29) is 5.97 Å². The molecule has 2 N–H and O–H groups in total. The van der Waals surface area contributed by atoms with Gasteiger partial charge in [-0.25, -0.2) is 4.79 Å². The van der Waals surface area contributed by atoms with Gasteiger partial charge < -0.3 is 14.8 Å². The minimum Gasteiger partial charge on any atom is -0.458 e. The number of hydrogen-bond acceptors (Lipinski definition) is 4. The number of carbonyl (C=O) groups is 1. The van der Waals surface area contributed by atoms with Crippen LogP contribution >= 0.6 is 0 Å². The molecule has 1 aromatic carbocycles. The molecule has 0 fully saturated rings. The van der Waals surface area contributed by atoms with Gasteiger partial charge in [-0.2, -0.15) is 0 Å². The zero-order valence-electron chi connectivity index (χ0n) is 9.17. The molecule has 4 nitrogen and oxygen atoms in total. The highest BCUT2D eigenvalue weighted by molar-refractivity contribution is 6.38. The maximum Gasteiger partial charge on any atom is 0.448 e. The number of rotatable bonds is 3. The molecule has 16 heavy (non-hydrogen) atoms. The van der Waals surface area contributed by atoms with Gasteiger partial charge in [0.05, 0.1) is 0 Å². The van der Waals surface area contributed by atoms with Gasteiger partial charge in [-0.1, -0.05) is 36.9 Å². The van der Waals surface area contributed by atoms with Crippen LogP contribution in [-0.4, -0.2) is 23.1 Å². The Kier molecular flexibility index (Phi) is 7.84. The van der Waals surface area contributed by atoms with Gasteiger partial charge in [0.15, 0.2) is 0 Å². The largest absolute Gasteiger partial charge is 0.458 e. The van der Waals surface area contributed by atoms with Crippen LogP contribution in [0.15, 0.2) is 43.0 Å². The Morgan fingerprint density at radius 2 is 1.94 bits per heavy atom. The van der Waals surface area contributed by atoms with Crippen LogP contribution in [0.2, 0.25) is 6.82 Å². The molecule has 1 aromatic rings. The highest BCUT2D eigenvalue weighted by Gasteiger charge is 1.95. The van der Waals surface area contributed by atoms with Crippen molar-refractivity contribution in [2.24, 2.45) is 0 Å². The van der Waals surface area contributed by atoms with Crippen molar-refractivity contribution in [1.29, 1.82) is 0 Å². The van der Waals surface area contributed by atoms with Crippen LogP contribution in [0.1, 0.15) is 5.56 Å². The lowest BCUT2D eigenvalue weighted by Crippen LogP contribution is -2.00. The number of benzene rings is 1. The molecular formula is C11H15BO4. The zero-order chi connectivity index (χ0) is 12.4. The monoisotopic (exact) mass is 222 g/mol. The standard InChI is InChI=1S/C10H10O2.CH5BO2/c1-2-10(11)12-8-9-6-4-3-5-7-9;1-2(3)4/h2-7H,1,8H2;3-4H,1H3. The Balaban J connectivity index is 0.000000487. The third kappa shape index (κ3) is 8.99. The number of ether oxygens (including phenoxy) is 1. The summed E-state index contributed by atoms with van der Waals surface area (Å²) in [6.45, 7) is 4.89. The first-order valence-electron chi connectivity index (χ1n) is 4.75. The van der Waals surface area contributed by atoms with Gasteiger partial charge in [0.25, 0.3) is 0 Å². The second-order valence-corrected chi connectivity index (χ2v) is 2.93. The molecule has 0 unspecified atom stereocenters.